The monoisotopic (exact) mass is 375 g/mol. The fraction of sp³-hybridized carbons (Fsp3) is 0.812. The first-order chi connectivity index (χ1) is 10.2. The molecule has 0 saturated heterocycles. The van der Waals surface area contributed by atoms with Gasteiger partial charge in [0.2, 0.25) is 0 Å². The van der Waals surface area contributed by atoms with E-state index in [0.29, 0.717) is 5.41 Å². The summed E-state index contributed by atoms with van der Waals surface area (Å²) in [5, 5.41) is 8.29. The van der Waals surface area contributed by atoms with Crippen molar-refractivity contribution in [3.63, 3.8) is 0 Å². The van der Waals surface area contributed by atoms with Crippen LogP contribution in [0.5, 0.6) is 0 Å². The van der Waals surface area contributed by atoms with E-state index in [1.54, 1.807) is 0 Å². The van der Waals surface area contributed by atoms with E-state index in [1.807, 2.05) is 0 Å². The molecule has 3 nitrogen and oxygen atoms in total. The number of hydrogen-bond donors (Lipinski definition) is 1. The van der Waals surface area contributed by atoms with Gasteiger partial charge < -0.3 is 5.32 Å². The highest BCUT2D eigenvalue weighted by Gasteiger charge is 2.30. The topological polar surface area (TPSA) is 29.9 Å². The van der Waals surface area contributed by atoms with Gasteiger partial charge in [0.25, 0.3) is 0 Å². The summed E-state index contributed by atoms with van der Waals surface area (Å²) in [4.78, 5) is 0. The zero-order chi connectivity index (χ0) is 15.3. The van der Waals surface area contributed by atoms with Crippen LogP contribution in [0.3, 0.4) is 0 Å². The molecule has 0 amide bonds. The Kier molecular flexibility index (Phi) is 6.57. The van der Waals surface area contributed by atoms with Gasteiger partial charge in [-0.3, -0.25) is 4.68 Å². The number of nitrogens with one attached hydrogen (secondary N) is 1. The minimum atomic E-state index is 0.303. The minimum absolute atomic E-state index is 0.303. The molecule has 0 unspecified atom stereocenters. The van der Waals surface area contributed by atoms with Crippen LogP contribution >= 0.6 is 27.5 Å². The van der Waals surface area contributed by atoms with Gasteiger partial charge in [-0.25, -0.2) is 0 Å². The molecule has 0 radical (unpaired) electrons. The third kappa shape index (κ3) is 4.02. The number of halogens is 2. The lowest BCUT2D eigenvalue weighted by Crippen LogP contribution is -2.37. The lowest BCUT2D eigenvalue weighted by Gasteiger charge is -2.35. The van der Waals surface area contributed by atoms with Crippen LogP contribution in [0.1, 0.15) is 57.3 Å². The second kappa shape index (κ2) is 7.98. The van der Waals surface area contributed by atoms with Crippen molar-refractivity contribution in [2.45, 2.75) is 65.5 Å². The first-order valence-corrected chi connectivity index (χ1v) is 9.49. The Hall–Kier alpha value is -0.0600. The summed E-state index contributed by atoms with van der Waals surface area (Å²) in [6.45, 7) is 7.08. The predicted octanol–water partition coefficient (Wildman–Crippen LogP) is 4.51. The molecule has 1 aliphatic carbocycles. The number of aromatic nitrogens is 2. The highest BCUT2D eigenvalue weighted by Crippen LogP contribution is 2.36. The molecule has 1 fully saturated rings. The summed E-state index contributed by atoms with van der Waals surface area (Å²) in [5.41, 5.74) is 2.71. The molecule has 0 spiro atoms. The average Bonchev–Trinajstić information content (AvgIpc) is 2.84. The SMILES string of the molecule is CCc1nn(CC)c(CNCC2(CCl)CCCCC2)c1Br. The fourth-order valence-electron chi connectivity index (χ4n) is 3.29. The molecule has 2 rings (SSSR count). The van der Waals surface area contributed by atoms with Crippen LogP contribution in [0, 0.1) is 5.41 Å². The molecule has 0 bridgehead atoms. The van der Waals surface area contributed by atoms with Gasteiger partial charge in [-0.1, -0.05) is 26.2 Å². The summed E-state index contributed by atoms with van der Waals surface area (Å²) in [6, 6.07) is 0. The standard InChI is InChI=1S/C16H27BrClN3/c1-3-13-15(17)14(21(4-2)20-13)10-19-12-16(11-18)8-6-5-7-9-16/h19H,3-12H2,1-2H3. The zero-order valence-electron chi connectivity index (χ0n) is 13.2. The van der Waals surface area contributed by atoms with Crippen molar-refractivity contribution in [1.29, 1.82) is 0 Å². The molecular formula is C16H27BrClN3. The van der Waals surface area contributed by atoms with Crippen LogP contribution in [0.4, 0.5) is 0 Å². The van der Waals surface area contributed by atoms with Crippen molar-refractivity contribution < 1.29 is 0 Å². The van der Waals surface area contributed by atoms with E-state index in [9.17, 15) is 0 Å². The van der Waals surface area contributed by atoms with Crippen molar-refractivity contribution in [3.8, 4) is 0 Å². The Morgan fingerprint density at radius 2 is 2.00 bits per heavy atom. The third-order valence-electron chi connectivity index (χ3n) is 4.68. The summed E-state index contributed by atoms with van der Waals surface area (Å²) < 4.78 is 3.27. The van der Waals surface area contributed by atoms with Gasteiger partial charge in [-0.15, -0.1) is 11.6 Å². The van der Waals surface area contributed by atoms with E-state index in [0.717, 1.165) is 37.6 Å². The molecule has 0 aromatic carbocycles. The smallest absolute Gasteiger partial charge is 0.0767 e. The van der Waals surface area contributed by atoms with Crippen molar-refractivity contribution >= 4 is 27.5 Å². The van der Waals surface area contributed by atoms with E-state index in [2.05, 4.69) is 44.9 Å². The van der Waals surface area contributed by atoms with Gasteiger partial charge in [0, 0.05) is 25.5 Å². The summed E-state index contributed by atoms with van der Waals surface area (Å²) in [6.07, 6.45) is 7.50. The van der Waals surface area contributed by atoms with Crippen LogP contribution in [-0.4, -0.2) is 22.2 Å². The molecule has 0 atom stereocenters. The van der Waals surface area contributed by atoms with Crippen molar-refractivity contribution in [2.24, 2.45) is 5.41 Å². The van der Waals surface area contributed by atoms with Crippen LogP contribution in [0.25, 0.3) is 0 Å². The Morgan fingerprint density at radius 3 is 2.57 bits per heavy atom. The maximum atomic E-state index is 6.27. The normalized spacial score (nSPS) is 18.1. The molecule has 1 saturated carbocycles. The quantitative estimate of drug-likeness (QED) is 0.710. The molecule has 21 heavy (non-hydrogen) atoms. The van der Waals surface area contributed by atoms with Gasteiger partial charge in [0.1, 0.15) is 0 Å². The van der Waals surface area contributed by atoms with Gasteiger partial charge in [0.05, 0.1) is 15.9 Å². The molecule has 1 aromatic rings. The summed E-state index contributed by atoms with van der Waals surface area (Å²) in [5.74, 6) is 0.772. The number of aryl methyl sites for hydroxylation is 2. The fourth-order valence-corrected chi connectivity index (χ4v) is 4.36. The van der Waals surface area contributed by atoms with Crippen molar-refractivity contribution in [1.82, 2.24) is 15.1 Å². The van der Waals surface area contributed by atoms with E-state index in [1.165, 1.54) is 42.3 Å². The predicted molar refractivity (Wildman–Crippen MR) is 92.9 cm³/mol. The van der Waals surface area contributed by atoms with E-state index < -0.39 is 0 Å². The second-order valence-electron chi connectivity index (χ2n) is 6.17. The van der Waals surface area contributed by atoms with Gasteiger partial charge in [-0.05, 0) is 47.5 Å². The van der Waals surface area contributed by atoms with Crippen molar-refractivity contribution in [2.75, 3.05) is 12.4 Å². The lowest BCUT2D eigenvalue weighted by atomic mass is 9.75. The number of hydrogen-bond acceptors (Lipinski definition) is 2. The highest BCUT2D eigenvalue weighted by atomic mass is 79.9. The van der Waals surface area contributed by atoms with Gasteiger partial charge in [0.15, 0.2) is 0 Å². The zero-order valence-corrected chi connectivity index (χ0v) is 15.6. The van der Waals surface area contributed by atoms with Crippen LogP contribution in [0.15, 0.2) is 4.47 Å². The van der Waals surface area contributed by atoms with E-state index >= 15 is 0 Å². The molecule has 5 heteroatoms. The van der Waals surface area contributed by atoms with Gasteiger partial charge in [-0.2, -0.15) is 5.10 Å². The molecule has 1 N–H and O–H groups in total. The molecule has 1 aliphatic rings. The maximum absolute atomic E-state index is 6.27. The van der Waals surface area contributed by atoms with E-state index in [4.69, 9.17) is 11.6 Å². The second-order valence-corrected chi connectivity index (χ2v) is 7.23. The molecular weight excluding hydrogens is 350 g/mol. The highest BCUT2D eigenvalue weighted by molar-refractivity contribution is 9.10. The van der Waals surface area contributed by atoms with Crippen molar-refractivity contribution in [3.05, 3.63) is 15.9 Å². The summed E-state index contributed by atoms with van der Waals surface area (Å²) >= 11 is 9.98. The van der Waals surface area contributed by atoms with Crippen LogP contribution in [0.2, 0.25) is 0 Å². The summed E-state index contributed by atoms with van der Waals surface area (Å²) in [7, 11) is 0. The minimum Gasteiger partial charge on any atom is -0.311 e. The Bertz CT molecular complexity index is 453. The Labute approximate surface area is 141 Å². The molecule has 1 aromatic heterocycles. The van der Waals surface area contributed by atoms with Crippen LogP contribution in [-0.2, 0) is 19.5 Å². The number of rotatable bonds is 7. The Morgan fingerprint density at radius 1 is 1.29 bits per heavy atom. The third-order valence-corrected chi connectivity index (χ3v) is 6.17. The first-order valence-electron chi connectivity index (χ1n) is 8.16. The lowest BCUT2D eigenvalue weighted by molar-refractivity contribution is 0.211. The number of alkyl halides is 1. The maximum Gasteiger partial charge on any atom is 0.0767 e. The largest absolute Gasteiger partial charge is 0.311 e. The first kappa shape index (κ1) is 17.3. The molecule has 0 aliphatic heterocycles. The van der Waals surface area contributed by atoms with Gasteiger partial charge >= 0.3 is 0 Å². The molecule has 1 heterocycles. The van der Waals surface area contributed by atoms with E-state index in [-0.39, 0.29) is 0 Å². The average molecular weight is 377 g/mol. The Balaban J connectivity index is 1.98. The molecule has 120 valence electrons. The van der Waals surface area contributed by atoms with Crippen LogP contribution < -0.4 is 5.32 Å². The number of nitrogens with zero attached hydrogens (tertiary/aromatic N) is 2.